The van der Waals surface area contributed by atoms with E-state index in [9.17, 15) is 0 Å². The average Bonchev–Trinajstić information content (AvgIpc) is 1.77. The predicted octanol–water partition coefficient (Wildman–Crippen LogP) is 2.24. The van der Waals surface area contributed by atoms with Gasteiger partial charge < -0.3 is 0 Å². The van der Waals surface area contributed by atoms with E-state index in [1.807, 2.05) is 6.08 Å². The Bertz CT molecular complexity index is 165. The molecule has 0 spiro atoms. The molecule has 1 aliphatic rings. The largest absolute Gasteiger partial charge is 0.0847 e. The number of halogens is 1. The van der Waals surface area contributed by atoms with Crippen LogP contribution in [-0.4, -0.2) is 4.86 Å². The van der Waals surface area contributed by atoms with Crippen LogP contribution >= 0.6 is 23.8 Å². The summed E-state index contributed by atoms with van der Waals surface area (Å²) in [6, 6.07) is 0. The Kier molecular flexibility index (Phi) is 1.81. The molecule has 0 aliphatic heterocycles. The molecule has 1 radical (unpaired) electrons. The van der Waals surface area contributed by atoms with Gasteiger partial charge in [0.2, 0.25) is 0 Å². The maximum atomic E-state index is 5.57. The lowest BCUT2D eigenvalue weighted by molar-refractivity contribution is 1.47. The minimum absolute atomic E-state index is 0.735. The van der Waals surface area contributed by atoms with Crippen LogP contribution in [0.25, 0.3) is 0 Å². The third-order valence-corrected chi connectivity index (χ3v) is 1.40. The Balaban J connectivity index is 2.71. The van der Waals surface area contributed by atoms with Gasteiger partial charge in [0.1, 0.15) is 0 Å². The molecule has 0 aromatic carbocycles. The zero-order valence-corrected chi connectivity index (χ0v) is 5.72. The fourth-order valence-corrected chi connectivity index (χ4v) is 0.731. The van der Waals surface area contributed by atoms with Gasteiger partial charge in [-0.3, -0.25) is 0 Å². The molecule has 8 heavy (non-hydrogen) atoms. The Morgan fingerprint density at radius 1 is 1.75 bits per heavy atom. The number of rotatable bonds is 0. The molecule has 0 N–H and O–H groups in total. The normalized spacial score (nSPS) is 18.6. The molecule has 0 heterocycles. The van der Waals surface area contributed by atoms with E-state index in [0.717, 1.165) is 16.3 Å². The van der Waals surface area contributed by atoms with Crippen molar-refractivity contribution in [2.45, 2.75) is 6.42 Å². The van der Waals surface area contributed by atoms with Crippen LogP contribution in [0.15, 0.2) is 17.2 Å². The molecule has 0 bridgehead atoms. The van der Waals surface area contributed by atoms with Gasteiger partial charge in [0.15, 0.2) is 0 Å². The lowest BCUT2D eigenvalue weighted by Gasteiger charge is -1.96. The number of allylic oxidation sites excluding steroid dienone is 4. The SMILES string of the molecule is S=C1[C]=CC(Cl)=CC1. The average molecular weight is 144 g/mol. The van der Waals surface area contributed by atoms with Crippen molar-refractivity contribution in [3.8, 4) is 0 Å². The second kappa shape index (κ2) is 2.42. The maximum Gasteiger partial charge on any atom is 0.0376 e. The van der Waals surface area contributed by atoms with Crippen LogP contribution in [0, 0.1) is 6.08 Å². The Morgan fingerprint density at radius 2 is 2.50 bits per heavy atom. The summed E-state index contributed by atoms with van der Waals surface area (Å²) in [4.78, 5) is 0.828. The topological polar surface area (TPSA) is 0 Å². The molecule has 0 unspecified atom stereocenters. The van der Waals surface area contributed by atoms with Gasteiger partial charge in [0.05, 0.1) is 0 Å². The molecule has 41 valence electrons. The molecule has 0 nitrogen and oxygen atoms in total. The summed E-state index contributed by atoms with van der Waals surface area (Å²) < 4.78 is 0. The summed E-state index contributed by atoms with van der Waals surface area (Å²) in [6.07, 6.45) is 7.17. The molecule has 0 fully saturated rings. The van der Waals surface area contributed by atoms with Crippen LogP contribution in [0.3, 0.4) is 0 Å². The fraction of sp³-hybridized carbons (Fsp3) is 0.167. The van der Waals surface area contributed by atoms with Gasteiger partial charge in [-0.25, -0.2) is 0 Å². The number of hydrogen-bond donors (Lipinski definition) is 0. The van der Waals surface area contributed by atoms with Gasteiger partial charge >= 0.3 is 0 Å². The van der Waals surface area contributed by atoms with Crippen molar-refractivity contribution < 1.29 is 0 Å². The standard InChI is InChI=1S/C6H4ClS/c7-5-1-3-6(8)4-2-5/h1-2H,3H2. The highest BCUT2D eigenvalue weighted by molar-refractivity contribution is 7.80. The summed E-state index contributed by atoms with van der Waals surface area (Å²) in [6.45, 7) is 0. The smallest absolute Gasteiger partial charge is 0.0376 e. The molecule has 0 aromatic heterocycles. The molecule has 1 aliphatic carbocycles. The van der Waals surface area contributed by atoms with Gasteiger partial charge in [-0.1, -0.05) is 29.9 Å². The summed E-state index contributed by atoms with van der Waals surface area (Å²) in [5.41, 5.74) is 0. The van der Waals surface area contributed by atoms with Gasteiger partial charge in [-0.2, -0.15) is 0 Å². The van der Waals surface area contributed by atoms with E-state index < -0.39 is 0 Å². The first-order chi connectivity index (χ1) is 3.79. The first-order valence-electron chi connectivity index (χ1n) is 2.27. The lowest BCUT2D eigenvalue weighted by atomic mass is 10.2. The van der Waals surface area contributed by atoms with E-state index in [-0.39, 0.29) is 0 Å². The molecule has 0 saturated heterocycles. The molecule has 2 heteroatoms. The van der Waals surface area contributed by atoms with Gasteiger partial charge in [0, 0.05) is 16.3 Å². The van der Waals surface area contributed by atoms with Gasteiger partial charge in [-0.05, 0) is 12.2 Å². The van der Waals surface area contributed by atoms with E-state index in [0.29, 0.717) is 0 Å². The highest BCUT2D eigenvalue weighted by Gasteiger charge is 1.95. The number of thiocarbonyl (C=S) groups is 1. The van der Waals surface area contributed by atoms with Crippen molar-refractivity contribution in [1.82, 2.24) is 0 Å². The van der Waals surface area contributed by atoms with Crippen molar-refractivity contribution >= 4 is 28.7 Å². The van der Waals surface area contributed by atoms with E-state index in [2.05, 4.69) is 6.08 Å². The van der Waals surface area contributed by atoms with E-state index in [1.165, 1.54) is 0 Å². The molecule has 0 amide bonds. The van der Waals surface area contributed by atoms with E-state index in [1.54, 1.807) is 6.08 Å². The highest BCUT2D eigenvalue weighted by Crippen LogP contribution is 2.10. The lowest BCUT2D eigenvalue weighted by Crippen LogP contribution is -1.90. The minimum Gasteiger partial charge on any atom is -0.0847 e. The van der Waals surface area contributed by atoms with Crippen LogP contribution in [0.1, 0.15) is 6.42 Å². The summed E-state index contributed by atoms with van der Waals surface area (Å²) in [5.74, 6) is 0. The Hall–Kier alpha value is -0.140. The zero-order valence-electron chi connectivity index (χ0n) is 4.15. The van der Waals surface area contributed by atoms with Crippen molar-refractivity contribution in [3.05, 3.63) is 23.3 Å². The van der Waals surface area contributed by atoms with Crippen LogP contribution in [-0.2, 0) is 0 Å². The second-order valence-electron chi connectivity index (χ2n) is 1.50. The van der Waals surface area contributed by atoms with Crippen LogP contribution in [0.4, 0.5) is 0 Å². The van der Waals surface area contributed by atoms with Crippen molar-refractivity contribution in [1.29, 1.82) is 0 Å². The monoisotopic (exact) mass is 143 g/mol. The first kappa shape index (κ1) is 5.99. The third-order valence-electron chi connectivity index (χ3n) is 0.854. The van der Waals surface area contributed by atoms with Crippen molar-refractivity contribution in [2.24, 2.45) is 0 Å². The van der Waals surface area contributed by atoms with Gasteiger partial charge in [-0.15, -0.1) is 0 Å². The molecular weight excluding hydrogens is 140 g/mol. The summed E-state index contributed by atoms with van der Waals surface area (Å²) in [5, 5.41) is 0.735. The van der Waals surface area contributed by atoms with Gasteiger partial charge in [0.25, 0.3) is 0 Å². The highest BCUT2D eigenvalue weighted by atomic mass is 35.5. The first-order valence-corrected chi connectivity index (χ1v) is 3.06. The molecular formula is C6H4ClS. The Labute approximate surface area is 58.8 Å². The van der Waals surface area contributed by atoms with E-state index >= 15 is 0 Å². The van der Waals surface area contributed by atoms with E-state index in [4.69, 9.17) is 23.8 Å². The summed E-state index contributed by atoms with van der Waals surface area (Å²) >= 11 is 10.4. The second-order valence-corrected chi connectivity index (χ2v) is 2.43. The maximum absolute atomic E-state index is 5.57. The molecule has 0 aromatic rings. The quantitative estimate of drug-likeness (QED) is 0.469. The third kappa shape index (κ3) is 1.42. The minimum atomic E-state index is 0.735. The zero-order chi connectivity index (χ0) is 5.98. The van der Waals surface area contributed by atoms with Crippen LogP contribution in [0.5, 0.6) is 0 Å². The molecule has 0 saturated carbocycles. The number of hydrogen-bond acceptors (Lipinski definition) is 1. The van der Waals surface area contributed by atoms with Crippen molar-refractivity contribution in [3.63, 3.8) is 0 Å². The molecule has 0 atom stereocenters. The van der Waals surface area contributed by atoms with Crippen LogP contribution in [0.2, 0.25) is 0 Å². The predicted molar refractivity (Wildman–Crippen MR) is 39.0 cm³/mol. The molecule has 1 rings (SSSR count). The fourth-order valence-electron chi connectivity index (χ4n) is 0.457. The summed E-state index contributed by atoms with van der Waals surface area (Å²) in [7, 11) is 0. The van der Waals surface area contributed by atoms with Crippen molar-refractivity contribution in [2.75, 3.05) is 0 Å². The van der Waals surface area contributed by atoms with Crippen LogP contribution < -0.4 is 0 Å². The Morgan fingerprint density at radius 3 is 2.88 bits per heavy atom.